The fraction of sp³-hybridized carbons (Fsp3) is 0.294. The maximum Gasteiger partial charge on any atom is 0.124 e. The van der Waals surface area contributed by atoms with E-state index in [-0.39, 0.29) is 11.8 Å². The Morgan fingerprint density at radius 3 is 2.05 bits per heavy atom. The highest BCUT2D eigenvalue weighted by atomic mass is 16.5. The zero-order valence-corrected chi connectivity index (χ0v) is 12.8. The quantitative estimate of drug-likeness (QED) is 0.912. The molecule has 0 aromatic heterocycles. The number of hydrogen-bond acceptors (Lipinski definition) is 4. The van der Waals surface area contributed by atoms with Gasteiger partial charge < -0.3 is 19.5 Å². The van der Waals surface area contributed by atoms with Crippen molar-refractivity contribution >= 4 is 5.69 Å². The van der Waals surface area contributed by atoms with Crippen molar-refractivity contribution in [2.45, 2.75) is 13.0 Å². The third-order valence-electron chi connectivity index (χ3n) is 3.75. The third kappa shape index (κ3) is 3.21. The lowest BCUT2D eigenvalue weighted by Crippen LogP contribution is -2.21. The summed E-state index contributed by atoms with van der Waals surface area (Å²) < 4.78 is 10.3. The van der Waals surface area contributed by atoms with Crippen molar-refractivity contribution in [2.24, 2.45) is 0 Å². The van der Waals surface area contributed by atoms with E-state index in [1.165, 1.54) is 0 Å². The predicted molar refractivity (Wildman–Crippen MR) is 84.5 cm³/mol. The Kier molecular flexibility index (Phi) is 4.58. The predicted octanol–water partition coefficient (Wildman–Crippen LogP) is 3.61. The van der Waals surface area contributed by atoms with E-state index < -0.39 is 0 Å². The highest BCUT2D eigenvalue weighted by Crippen LogP contribution is 2.33. The molecule has 0 aliphatic rings. The molecule has 21 heavy (non-hydrogen) atoms. The molecule has 0 heterocycles. The number of anilines is 1. The van der Waals surface area contributed by atoms with Crippen molar-refractivity contribution in [2.75, 3.05) is 26.2 Å². The molecular formula is C17H21NO3. The first kappa shape index (κ1) is 15.0. The zero-order chi connectivity index (χ0) is 15.4. The molecule has 0 fully saturated rings. The number of ether oxygens (including phenoxy) is 2. The van der Waals surface area contributed by atoms with Crippen molar-refractivity contribution in [3.05, 3.63) is 48.0 Å². The van der Waals surface area contributed by atoms with Crippen LogP contribution in [0.4, 0.5) is 5.69 Å². The zero-order valence-electron chi connectivity index (χ0n) is 12.8. The van der Waals surface area contributed by atoms with Crippen LogP contribution in [0.2, 0.25) is 0 Å². The monoisotopic (exact) mass is 287 g/mol. The van der Waals surface area contributed by atoms with E-state index in [2.05, 4.69) is 4.90 Å². The Hall–Kier alpha value is -2.36. The van der Waals surface area contributed by atoms with Crippen LogP contribution in [-0.2, 0) is 0 Å². The van der Waals surface area contributed by atoms with Gasteiger partial charge in [-0.2, -0.15) is 0 Å². The van der Waals surface area contributed by atoms with Crippen LogP contribution in [0, 0.1) is 0 Å². The summed E-state index contributed by atoms with van der Waals surface area (Å²) in [5, 5.41) is 10.1. The highest BCUT2D eigenvalue weighted by Gasteiger charge is 2.16. The summed E-state index contributed by atoms with van der Waals surface area (Å²) in [6, 6.07) is 13.2. The summed E-state index contributed by atoms with van der Waals surface area (Å²) in [4.78, 5) is 2.10. The molecule has 2 rings (SSSR count). The molecule has 0 bridgehead atoms. The Bertz CT molecular complexity index is 595. The fourth-order valence-corrected chi connectivity index (χ4v) is 2.25. The SMILES string of the molecule is COc1ccc(N(C)C(C)c2ccc(OC)cc2O)cc1. The lowest BCUT2D eigenvalue weighted by Gasteiger charge is -2.28. The van der Waals surface area contributed by atoms with Crippen LogP contribution in [0.15, 0.2) is 42.5 Å². The van der Waals surface area contributed by atoms with Gasteiger partial charge in [0, 0.05) is 24.4 Å². The third-order valence-corrected chi connectivity index (χ3v) is 3.75. The summed E-state index contributed by atoms with van der Waals surface area (Å²) in [5.41, 5.74) is 1.91. The van der Waals surface area contributed by atoms with Crippen molar-refractivity contribution in [1.82, 2.24) is 0 Å². The second-order valence-electron chi connectivity index (χ2n) is 4.91. The molecule has 112 valence electrons. The van der Waals surface area contributed by atoms with Crippen LogP contribution in [0.1, 0.15) is 18.5 Å². The largest absolute Gasteiger partial charge is 0.507 e. The van der Waals surface area contributed by atoms with Crippen molar-refractivity contribution in [1.29, 1.82) is 0 Å². The topological polar surface area (TPSA) is 41.9 Å². The Labute approximate surface area is 125 Å². The Balaban J connectivity index is 2.23. The number of rotatable bonds is 5. The number of phenols is 1. The molecule has 4 heteroatoms. The van der Waals surface area contributed by atoms with Crippen LogP contribution in [0.25, 0.3) is 0 Å². The summed E-state index contributed by atoms with van der Waals surface area (Å²) in [7, 11) is 5.23. The van der Waals surface area contributed by atoms with Crippen LogP contribution in [-0.4, -0.2) is 26.4 Å². The number of benzene rings is 2. The standard InChI is InChI=1S/C17H21NO3/c1-12(16-10-9-15(21-4)11-17(16)19)18(2)13-5-7-14(20-3)8-6-13/h5-12,19H,1-4H3. The van der Waals surface area contributed by atoms with Crippen molar-refractivity contribution < 1.29 is 14.6 Å². The molecular weight excluding hydrogens is 266 g/mol. The van der Waals surface area contributed by atoms with E-state index in [0.29, 0.717) is 5.75 Å². The summed E-state index contributed by atoms with van der Waals surface area (Å²) in [5.74, 6) is 1.71. The molecule has 0 aliphatic heterocycles. The van der Waals surface area contributed by atoms with Gasteiger partial charge in [-0.15, -0.1) is 0 Å². The molecule has 0 amide bonds. The molecule has 1 atom stereocenters. The Morgan fingerprint density at radius 2 is 1.52 bits per heavy atom. The van der Waals surface area contributed by atoms with Crippen molar-refractivity contribution in [3.63, 3.8) is 0 Å². The smallest absolute Gasteiger partial charge is 0.124 e. The lowest BCUT2D eigenvalue weighted by molar-refractivity contribution is 0.405. The normalized spacial score (nSPS) is 11.8. The van der Waals surface area contributed by atoms with E-state index in [1.54, 1.807) is 20.3 Å². The lowest BCUT2D eigenvalue weighted by atomic mass is 10.1. The molecule has 4 nitrogen and oxygen atoms in total. The molecule has 0 radical (unpaired) electrons. The van der Waals surface area contributed by atoms with Gasteiger partial charge in [-0.25, -0.2) is 0 Å². The minimum absolute atomic E-state index is 0.0318. The summed E-state index contributed by atoms with van der Waals surface area (Å²) in [6.45, 7) is 2.05. The van der Waals surface area contributed by atoms with Crippen LogP contribution in [0.5, 0.6) is 17.2 Å². The second kappa shape index (κ2) is 6.39. The Morgan fingerprint density at radius 1 is 0.952 bits per heavy atom. The van der Waals surface area contributed by atoms with E-state index in [9.17, 15) is 5.11 Å². The van der Waals surface area contributed by atoms with Gasteiger partial charge in [-0.1, -0.05) is 0 Å². The van der Waals surface area contributed by atoms with E-state index in [0.717, 1.165) is 17.0 Å². The van der Waals surface area contributed by atoms with Crippen LogP contribution in [0.3, 0.4) is 0 Å². The van der Waals surface area contributed by atoms with Gasteiger partial charge in [-0.3, -0.25) is 0 Å². The second-order valence-corrected chi connectivity index (χ2v) is 4.91. The first-order valence-electron chi connectivity index (χ1n) is 6.80. The molecule has 0 aliphatic carbocycles. The van der Waals surface area contributed by atoms with E-state index >= 15 is 0 Å². The fourth-order valence-electron chi connectivity index (χ4n) is 2.25. The molecule has 0 spiro atoms. The van der Waals surface area contributed by atoms with Gasteiger partial charge in [0.1, 0.15) is 17.2 Å². The maximum atomic E-state index is 10.1. The number of phenolic OH excluding ortho intramolecular Hbond substituents is 1. The summed E-state index contributed by atoms with van der Waals surface area (Å²) in [6.07, 6.45) is 0. The molecule has 2 aromatic rings. The first-order chi connectivity index (χ1) is 10.1. The molecule has 1 N–H and O–H groups in total. The van der Waals surface area contributed by atoms with E-state index in [4.69, 9.17) is 9.47 Å². The molecule has 1 unspecified atom stereocenters. The van der Waals surface area contributed by atoms with E-state index in [1.807, 2.05) is 50.4 Å². The van der Waals surface area contributed by atoms with Gasteiger partial charge in [-0.05, 0) is 43.3 Å². The van der Waals surface area contributed by atoms with Gasteiger partial charge >= 0.3 is 0 Å². The van der Waals surface area contributed by atoms with Gasteiger partial charge in [0.25, 0.3) is 0 Å². The first-order valence-corrected chi connectivity index (χ1v) is 6.80. The average molecular weight is 287 g/mol. The summed E-state index contributed by atoms with van der Waals surface area (Å²) >= 11 is 0. The molecule has 0 saturated carbocycles. The number of methoxy groups -OCH3 is 2. The molecule has 0 saturated heterocycles. The van der Waals surface area contributed by atoms with Crippen LogP contribution < -0.4 is 14.4 Å². The van der Waals surface area contributed by atoms with Crippen molar-refractivity contribution in [3.8, 4) is 17.2 Å². The van der Waals surface area contributed by atoms with Gasteiger partial charge in [0.2, 0.25) is 0 Å². The van der Waals surface area contributed by atoms with Gasteiger partial charge in [0.05, 0.1) is 20.3 Å². The number of hydrogen-bond donors (Lipinski definition) is 1. The molecule has 2 aromatic carbocycles. The minimum Gasteiger partial charge on any atom is -0.507 e. The minimum atomic E-state index is 0.0318. The number of nitrogens with zero attached hydrogens (tertiary/aromatic N) is 1. The highest BCUT2D eigenvalue weighted by molar-refractivity contribution is 5.52. The number of aromatic hydroxyl groups is 1. The maximum absolute atomic E-state index is 10.1. The van der Waals surface area contributed by atoms with Crippen LogP contribution >= 0.6 is 0 Å². The van der Waals surface area contributed by atoms with Gasteiger partial charge in [0.15, 0.2) is 0 Å². The average Bonchev–Trinajstić information content (AvgIpc) is 2.53.